The number of β-amino-alcohol motifs (C(OH)–C–C–N with tert-alkyl or cyclic N) is 1. The van der Waals surface area contributed by atoms with E-state index in [1.165, 1.54) is 12.2 Å². The molecule has 0 aliphatic carbocycles. The molecule has 0 spiro atoms. The maximum atomic E-state index is 12.1. The second-order valence-electron chi connectivity index (χ2n) is 4.70. The van der Waals surface area contributed by atoms with Gasteiger partial charge < -0.3 is 15.1 Å². The van der Waals surface area contributed by atoms with E-state index in [1.807, 2.05) is 0 Å². The van der Waals surface area contributed by atoms with Crippen molar-refractivity contribution in [3.63, 3.8) is 0 Å². The largest absolute Gasteiger partial charge is 0.480 e. The van der Waals surface area contributed by atoms with Gasteiger partial charge in [0.25, 0.3) is 0 Å². The Bertz CT molecular complexity index is 582. The Labute approximate surface area is 131 Å². The molecule has 0 radical (unpaired) electrons. The summed E-state index contributed by atoms with van der Waals surface area (Å²) in [6.45, 7) is -0.00358. The van der Waals surface area contributed by atoms with Crippen LogP contribution in [0, 0.1) is 0 Å². The molecule has 1 aliphatic rings. The standard InChI is InChI=1S/C14H13Cl2NO4/c15-10-2-1-3-11(16)9(10)4-5-13(19)17-7-8(18)6-12(17)14(20)21/h1-5,8,12,18H,6-7H2,(H,20,21)/b5-4+/t8?,12-/m0/s1. The number of carbonyl (C=O) groups excluding carboxylic acids is 1. The molecule has 2 rings (SSSR count). The van der Waals surface area contributed by atoms with Crippen molar-refractivity contribution in [2.24, 2.45) is 0 Å². The summed E-state index contributed by atoms with van der Waals surface area (Å²) in [6.07, 6.45) is 1.85. The molecule has 2 N–H and O–H groups in total. The minimum atomic E-state index is -1.14. The van der Waals surface area contributed by atoms with Gasteiger partial charge in [0.1, 0.15) is 6.04 Å². The molecule has 5 nitrogen and oxygen atoms in total. The van der Waals surface area contributed by atoms with Gasteiger partial charge in [0.05, 0.1) is 6.10 Å². The zero-order valence-electron chi connectivity index (χ0n) is 10.9. The summed E-state index contributed by atoms with van der Waals surface area (Å²) >= 11 is 12.0. The summed E-state index contributed by atoms with van der Waals surface area (Å²) in [6, 6.07) is 3.94. The topological polar surface area (TPSA) is 77.8 Å². The Morgan fingerprint density at radius 1 is 1.29 bits per heavy atom. The lowest BCUT2D eigenvalue weighted by atomic mass is 10.2. The van der Waals surface area contributed by atoms with Crippen LogP contribution in [0.3, 0.4) is 0 Å². The molecule has 0 bridgehead atoms. The smallest absolute Gasteiger partial charge is 0.326 e. The molecule has 1 aromatic carbocycles. The fraction of sp³-hybridized carbons (Fsp3) is 0.286. The van der Waals surface area contributed by atoms with Gasteiger partial charge in [-0.25, -0.2) is 4.79 Å². The van der Waals surface area contributed by atoms with Gasteiger partial charge in [-0.1, -0.05) is 29.3 Å². The molecular formula is C14H13Cl2NO4. The van der Waals surface area contributed by atoms with Crippen LogP contribution in [-0.4, -0.2) is 45.7 Å². The zero-order valence-corrected chi connectivity index (χ0v) is 12.4. The Kier molecular flexibility index (Phi) is 4.88. The number of nitrogens with zero attached hydrogens (tertiary/aromatic N) is 1. The van der Waals surface area contributed by atoms with E-state index in [4.69, 9.17) is 28.3 Å². The Morgan fingerprint density at radius 3 is 2.48 bits per heavy atom. The highest BCUT2D eigenvalue weighted by Crippen LogP contribution is 2.26. The number of carboxylic acid groups (broad SMARTS) is 1. The van der Waals surface area contributed by atoms with Gasteiger partial charge in [0, 0.05) is 34.7 Å². The first-order valence-electron chi connectivity index (χ1n) is 6.23. The van der Waals surface area contributed by atoms with Gasteiger partial charge in [-0.15, -0.1) is 0 Å². The Hall–Kier alpha value is -1.56. The average Bonchev–Trinajstić information content (AvgIpc) is 2.80. The van der Waals surface area contributed by atoms with E-state index >= 15 is 0 Å². The first-order chi connectivity index (χ1) is 9.90. The van der Waals surface area contributed by atoms with Crippen LogP contribution in [0.2, 0.25) is 10.0 Å². The van der Waals surface area contributed by atoms with Gasteiger partial charge in [-0.3, -0.25) is 4.79 Å². The Morgan fingerprint density at radius 2 is 1.90 bits per heavy atom. The van der Waals surface area contributed by atoms with E-state index < -0.39 is 24.0 Å². The molecule has 0 saturated carbocycles. The number of aliphatic hydroxyl groups is 1. The van der Waals surface area contributed by atoms with Crippen molar-refractivity contribution in [2.75, 3.05) is 6.54 Å². The zero-order chi connectivity index (χ0) is 15.6. The number of rotatable bonds is 3. The molecule has 112 valence electrons. The normalized spacial score (nSPS) is 22.0. The molecule has 1 fully saturated rings. The SMILES string of the molecule is O=C(O)[C@@H]1CC(O)CN1C(=O)/C=C/c1c(Cl)cccc1Cl. The number of carbonyl (C=O) groups is 2. The maximum absolute atomic E-state index is 12.1. The molecule has 21 heavy (non-hydrogen) atoms. The van der Waals surface area contributed by atoms with E-state index in [2.05, 4.69) is 0 Å². The molecule has 1 unspecified atom stereocenters. The monoisotopic (exact) mass is 329 g/mol. The number of halogens is 2. The minimum absolute atomic E-state index is 0.00358. The summed E-state index contributed by atoms with van der Waals surface area (Å²) in [5.41, 5.74) is 0.487. The molecule has 1 heterocycles. The van der Waals surface area contributed by atoms with Gasteiger partial charge in [0.15, 0.2) is 0 Å². The highest BCUT2D eigenvalue weighted by atomic mass is 35.5. The molecule has 0 aromatic heterocycles. The lowest BCUT2D eigenvalue weighted by Crippen LogP contribution is -2.39. The minimum Gasteiger partial charge on any atom is -0.480 e. The first kappa shape index (κ1) is 15.8. The van der Waals surface area contributed by atoms with Crippen molar-refractivity contribution in [3.05, 3.63) is 39.9 Å². The fourth-order valence-electron chi connectivity index (χ4n) is 2.21. The summed E-state index contributed by atoms with van der Waals surface area (Å²) in [5.74, 6) is -1.64. The Balaban J connectivity index is 2.17. The lowest BCUT2D eigenvalue weighted by molar-refractivity contribution is -0.146. The van der Waals surface area contributed by atoms with Crippen LogP contribution in [0.1, 0.15) is 12.0 Å². The van der Waals surface area contributed by atoms with Crippen molar-refractivity contribution in [1.82, 2.24) is 4.90 Å². The van der Waals surface area contributed by atoms with Gasteiger partial charge in [-0.2, -0.15) is 0 Å². The number of hydrogen-bond donors (Lipinski definition) is 2. The fourth-order valence-corrected chi connectivity index (χ4v) is 2.74. The second kappa shape index (κ2) is 6.47. The quantitative estimate of drug-likeness (QED) is 0.832. The molecule has 1 aromatic rings. The lowest BCUT2D eigenvalue weighted by Gasteiger charge is -2.19. The molecule has 1 amide bonds. The first-order valence-corrected chi connectivity index (χ1v) is 6.99. The number of aliphatic hydroxyl groups excluding tert-OH is 1. The number of aliphatic carboxylic acids is 1. The van der Waals surface area contributed by atoms with Crippen molar-refractivity contribution in [1.29, 1.82) is 0 Å². The van der Waals surface area contributed by atoms with Gasteiger partial charge >= 0.3 is 5.97 Å². The van der Waals surface area contributed by atoms with Crippen LogP contribution in [0.15, 0.2) is 24.3 Å². The predicted octanol–water partition coefficient (Wildman–Crippen LogP) is 2.05. The van der Waals surface area contributed by atoms with Crippen LogP contribution in [0.5, 0.6) is 0 Å². The third-order valence-electron chi connectivity index (χ3n) is 3.24. The molecule has 2 atom stereocenters. The highest BCUT2D eigenvalue weighted by molar-refractivity contribution is 6.37. The van der Waals surface area contributed by atoms with Crippen LogP contribution < -0.4 is 0 Å². The molecule has 7 heteroatoms. The molecule has 1 saturated heterocycles. The molecular weight excluding hydrogens is 317 g/mol. The van der Waals surface area contributed by atoms with E-state index in [0.717, 1.165) is 4.90 Å². The summed E-state index contributed by atoms with van der Waals surface area (Å²) in [5, 5.41) is 19.4. The second-order valence-corrected chi connectivity index (χ2v) is 5.52. The highest BCUT2D eigenvalue weighted by Gasteiger charge is 2.38. The predicted molar refractivity (Wildman–Crippen MR) is 79.3 cm³/mol. The van der Waals surface area contributed by atoms with E-state index in [0.29, 0.717) is 15.6 Å². The van der Waals surface area contributed by atoms with Crippen LogP contribution in [0.4, 0.5) is 0 Å². The summed E-state index contributed by atoms with van der Waals surface area (Å²) < 4.78 is 0. The number of carboxylic acids is 1. The number of benzene rings is 1. The van der Waals surface area contributed by atoms with Crippen molar-refractivity contribution in [3.8, 4) is 0 Å². The number of amides is 1. The van der Waals surface area contributed by atoms with E-state index in [1.54, 1.807) is 18.2 Å². The van der Waals surface area contributed by atoms with Crippen LogP contribution >= 0.6 is 23.2 Å². The van der Waals surface area contributed by atoms with Crippen LogP contribution in [-0.2, 0) is 9.59 Å². The van der Waals surface area contributed by atoms with Crippen molar-refractivity contribution < 1.29 is 19.8 Å². The van der Waals surface area contributed by atoms with Crippen LogP contribution in [0.25, 0.3) is 6.08 Å². The molecule has 1 aliphatic heterocycles. The summed E-state index contributed by atoms with van der Waals surface area (Å²) in [7, 11) is 0. The van der Waals surface area contributed by atoms with E-state index in [9.17, 15) is 14.7 Å². The maximum Gasteiger partial charge on any atom is 0.326 e. The summed E-state index contributed by atoms with van der Waals surface area (Å²) in [4.78, 5) is 24.3. The average molecular weight is 330 g/mol. The number of likely N-dealkylation sites (tertiary alicyclic amines) is 1. The third kappa shape index (κ3) is 3.56. The number of hydrogen-bond acceptors (Lipinski definition) is 3. The van der Waals surface area contributed by atoms with Crippen molar-refractivity contribution >= 4 is 41.2 Å². The van der Waals surface area contributed by atoms with Gasteiger partial charge in [0.2, 0.25) is 5.91 Å². The van der Waals surface area contributed by atoms with Crippen molar-refractivity contribution in [2.45, 2.75) is 18.6 Å². The van der Waals surface area contributed by atoms with E-state index in [-0.39, 0.29) is 13.0 Å². The third-order valence-corrected chi connectivity index (χ3v) is 3.90. The van der Waals surface area contributed by atoms with Gasteiger partial charge in [-0.05, 0) is 18.2 Å².